The van der Waals surface area contributed by atoms with E-state index in [2.05, 4.69) is 0 Å². The van der Waals surface area contributed by atoms with Crippen molar-refractivity contribution in [2.45, 2.75) is 64.2 Å². The monoisotopic (exact) mass is 500 g/mol. The van der Waals surface area contributed by atoms with Gasteiger partial charge >= 0.3 is 5.97 Å². The Morgan fingerprint density at radius 2 is 1.36 bits per heavy atom. The van der Waals surface area contributed by atoms with Crippen molar-refractivity contribution in [3.8, 4) is 11.5 Å². The van der Waals surface area contributed by atoms with Crippen LogP contribution in [0.2, 0.25) is 0 Å². The fraction of sp³-hybridized carbons (Fsp3) is 0.464. The van der Waals surface area contributed by atoms with Gasteiger partial charge in [-0.3, -0.25) is 0 Å². The highest BCUT2D eigenvalue weighted by Crippen LogP contribution is 2.34. The Labute approximate surface area is 213 Å². The van der Waals surface area contributed by atoms with E-state index in [0.717, 1.165) is 22.6 Å². The molecule has 0 aliphatic carbocycles. The van der Waals surface area contributed by atoms with Gasteiger partial charge < -0.3 is 33.2 Å². The van der Waals surface area contributed by atoms with E-state index in [4.69, 9.17) is 33.2 Å². The van der Waals surface area contributed by atoms with Crippen LogP contribution in [0.4, 0.5) is 0 Å². The Hall–Kier alpha value is -2.91. The van der Waals surface area contributed by atoms with Crippen molar-refractivity contribution < 1.29 is 38.0 Å². The number of hydrogen-bond acceptors (Lipinski definition) is 8. The molecule has 0 N–H and O–H groups in total. The molecule has 4 atom stereocenters. The molecule has 196 valence electrons. The fourth-order valence-corrected chi connectivity index (χ4v) is 3.89. The van der Waals surface area contributed by atoms with Gasteiger partial charge in [0.25, 0.3) is 0 Å². The summed E-state index contributed by atoms with van der Waals surface area (Å²) < 4.78 is 40.1. The minimum atomic E-state index is -0.853. The maximum absolute atomic E-state index is 11.8. The van der Waals surface area contributed by atoms with Gasteiger partial charge in [0.15, 0.2) is 5.79 Å². The molecule has 3 rings (SSSR count). The summed E-state index contributed by atoms with van der Waals surface area (Å²) in [5.74, 6) is 0.216. The van der Waals surface area contributed by atoms with Crippen LogP contribution in [-0.4, -0.2) is 57.5 Å². The molecule has 0 saturated carbocycles. The minimum Gasteiger partial charge on any atom is -0.497 e. The Balaban J connectivity index is 1.74. The largest absolute Gasteiger partial charge is 0.497 e. The van der Waals surface area contributed by atoms with Crippen molar-refractivity contribution in [2.24, 2.45) is 0 Å². The lowest BCUT2D eigenvalue weighted by atomic mass is 10.0. The van der Waals surface area contributed by atoms with Crippen LogP contribution >= 0.6 is 0 Å². The lowest BCUT2D eigenvalue weighted by molar-refractivity contribution is -0.163. The standard InChI is InChI=1S/C28H36O8/c1-19(33-17-20-7-11-22(30-4)12-8-20)26-27(36-28(2,3)35-26)24(15-16-25(29)32-6)34-18-21-9-13-23(31-5)14-10-21/h7-16,19,24,26-27H,17-18H2,1-6H3/b16-15-/t19-,24+,26-,27+/m0/s1. The molecule has 0 amide bonds. The summed E-state index contributed by atoms with van der Waals surface area (Å²) >= 11 is 0. The second-order valence-electron chi connectivity index (χ2n) is 8.93. The van der Waals surface area contributed by atoms with Crippen molar-refractivity contribution in [3.05, 3.63) is 71.8 Å². The molecule has 1 saturated heterocycles. The van der Waals surface area contributed by atoms with E-state index in [9.17, 15) is 4.79 Å². The van der Waals surface area contributed by atoms with E-state index in [0.29, 0.717) is 13.2 Å². The van der Waals surface area contributed by atoms with E-state index in [1.54, 1.807) is 20.3 Å². The molecule has 1 fully saturated rings. The molecule has 8 heteroatoms. The quantitative estimate of drug-likeness (QED) is 0.313. The number of carbonyl (C=O) groups is 1. The molecular formula is C28H36O8. The van der Waals surface area contributed by atoms with Crippen molar-refractivity contribution in [2.75, 3.05) is 21.3 Å². The predicted molar refractivity (Wildman–Crippen MR) is 134 cm³/mol. The van der Waals surface area contributed by atoms with Crippen LogP contribution in [0.25, 0.3) is 0 Å². The molecule has 8 nitrogen and oxygen atoms in total. The first-order valence-electron chi connectivity index (χ1n) is 11.9. The van der Waals surface area contributed by atoms with Gasteiger partial charge in [-0.15, -0.1) is 0 Å². The summed E-state index contributed by atoms with van der Waals surface area (Å²) in [7, 11) is 4.58. The second kappa shape index (κ2) is 12.9. The van der Waals surface area contributed by atoms with Crippen LogP contribution in [0.1, 0.15) is 31.9 Å². The zero-order valence-electron chi connectivity index (χ0n) is 21.8. The Bertz CT molecular complexity index is 984. The van der Waals surface area contributed by atoms with Crippen LogP contribution in [0, 0.1) is 0 Å². The van der Waals surface area contributed by atoms with Gasteiger partial charge in [-0.05, 0) is 62.2 Å². The summed E-state index contributed by atoms with van der Waals surface area (Å²) in [6.45, 7) is 6.33. The zero-order chi connectivity index (χ0) is 26.1. The lowest BCUT2D eigenvalue weighted by Gasteiger charge is -2.28. The SMILES string of the molecule is COC(=O)/C=C\[C@@H](OCc1ccc(OC)cc1)[C@H]1OC(C)(C)O[C@H]1[C@H](C)OCc1ccc(OC)cc1. The van der Waals surface area contributed by atoms with Crippen LogP contribution in [0.3, 0.4) is 0 Å². The summed E-state index contributed by atoms with van der Waals surface area (Å²) in [5.41, 5.74) is 1.96. The number of methoxy groups -OCH3 is 3. The molecule has 36 heavy (non-hydrogen) atoms. The Kier molecular flexibility index (Phi) is 9.89. The third kappa shape index (κ3) is 7.80. The van der Waals surface area contributed by atoms with Gasteiger partial charge in [-0.25, -0.2) is 4.79 Å². The lowest BCUT2D eigenvalue weighted by Crippen LogP contribution is -2.42. The molecule has 0 aromatic heterocycles. The number of carbonyl (C=O) groups excluding carboxylic acids is 1. The molecule has 0 spiro atoms. The van der Waals surface area contributed by atoms with E-state index in [-0.39, 0.29) is 6.10 Å². The highest BCUT2D eigenvalue weighted by molar-refractivity contribution is 5.81. The molecule has 0 bridgehead atoms. The number of hydrogen-bond donors (Lipinski definition) is 0. The van der Waals surface area contributed by atoms with Crippen molar-refractivity contribution >= 4 is 5.97 Å². The number of benzene rings is 2. The van der Waals surface area contributed by atoms with Crippen molar-refractivity contribution in [1.82, 2.24) is 0 Å². The average Bonchev–Trinajstić information content (AvgIpc) is 3.22. The van der Waals surface area contributed by atoms with Crippen LogP contribution in [-0.2, 0) is 41.7 Å². The van der Waals surface area contributed by atoms with E-state index < -0.39 is 30.1 Å². The first-order chi connectivity index (χ1) is 17.2. The van der Waals surface area contributed by atoms with Gasteiger partial charge in [0, 0.05) is 6.08 Å². The number of esters is 1. The average molecular weight is 501 g/mol. The molecule has 2 aromatic rings. The maximum Gasteiger partial charge on any atom is 0.330 e. The normalized spacial score (nSPS) is 20.7. The fourth-order valence-electron chi connectivity index (χ4n) is 3.89. The van der Waals surface area contributed by atoms with Gasteiger partial charge in [0.2, 0.25) is 0 Å². The smallest absolute Gasteiger partial charge is 0.330 e. The van der Waals surface area contributed by atoms with Crippen LogP contribution in [0.5, 0.6) is 11.5 Å². The maximum atomic E-state index is 11.8. The van der Waals surface area contributed by atoms with Crippen LogP contribution < -0.4 is 9.47 Å². The first-order valence-corrected chi connectivity index (χ1v) is 11.9. The van der Waals surface area contributed by atoms with Crippen LogP contribution in [0.15, 0.2) is 60.7 Å². The topological polar surface area (TPSA) is 81.7 Å². The van der Waals surface area contributed by atoms with E-state index in [1.807, 2.05) is 69.3 Å². The zero-order valence-corrected chi connectivity index (χ0v) is 21.8. The molecule has 2 aromatic carbocycles. The highest BCUT2D eigenvalue weighted by atomic mass is 16.8. The Morgan fingerprint density at radius 3 is 1.86 bits per heavy atom. The van der Waals surface area contributed by atoms with Crippen molar-refractivity contribution in [3.63, 3.8) is 0 Å². The minimum absolute atomic E-state index is 0.300. The first kappa shape index (κ1) is 27.7. The summed E-state index contributed by atoms with van der Waals surface area (Å²) in [5, 5.41) is 0. The predicted octanol–water partition coefficient (Wildman–Crippen LogP) is 4.44. The Morgan fingerprint density at radius 1 is 0.861 bits per heavy atom. The third-order valence-corrected chi connectivity index (χ3v) is 5.85. The van der Waals surface area contributed by atoms with Gasteiger partial charge in [-0.2, -0.15) is 0 Å². The van der Waals surface area contributed by atoms with E-state index in [1.165, 1.54) is 13.2 Å². The van der Waals surface area contributed by atoms with E-state index >= 15 is 0 Å². The second-order valence-corrected chi connectivity index (χ2v) is 8.93. The van der Waals surface area contributed by atoms with Crippen molar-refractivity contribution in [1.29, 1.82) is 0 Å². The summed E-state index contributed by atoms with van der Waals surface area (Å²) in [4.78, 5) is 11.8. The highest BCUT2D eigenvalue weighted by Gasteiger charge is 2.47. The molecular weight excluding hydrogens is 464 g/mol. The molecule has 0 radical (unpaired) electrons. The number of ether oxygens (including phenoxy) is 7. The molecule has 0 unspecified atom stereocenters. The summed E-state index contributed by atoms with van der Waals surface area (Å²) in [6.07, 6.45) is 1.11. The third-order valence-electron chi connectivity index (χ3n) is 5.85. The molecule has 1 heterocycles. The molecule has 1 aliphatic heterocycles. The molecule has 1 aliphatic rings. The van der Waals surface area contributed by atoms with Gasteiger partial charge in [0.1, 0.15) is 29.8 Å². The van der Waals surface area contributed by atoms with Gasteiger partial charge in [0.05, 0.1) is 40.6 Å². The number of rotatable bonds is 12. The van der Waals surface area contributed by atoms with Gasteiger partial charge in [-0.1, -0.05) is 24.3 Å². The summed E-state index contributed by atoms with van der Waals surface area (Å²) in [6, 6.07) is 15.3.